The van der Waals surface area contributed by atoms with Gasteiger partial charge >= 0.3 is 0 Å². The number of carbonyl (C=O) groups is 3. The van der Waals surface area contributed by atoms with Crippen LogP contribution in [0.3, 0.4) is 0 Å². The Hall–Kier alpha value is -3.48. The van der Waals surface area contributed by atoms with Gasteiger partial charge < -0.3 is 19.6 Å². The van der Waals surface area contributed by atoms with Gasteiger partial charge in [-0.3, -0.25) is 9.59 Å². The highest BCUT2D eigenvalue weighted by atomic mass is 16.3. The molecule has 178 valence electrons. The molecular weight excluding hydrogens is 406 g/mol. The fraction of sp³-hybridized carbons (Fsp3) is 0.360. The number of pyridine rings is 1. The summed E-state index contributed by atoms with van der Waals surface area (Å²) in [6, 6.07) is 9.37. The van der Waals surface area contributed by atoms with Crippen LogP contribution in [-0.2, 0) is 4.79 Å². The molecule has 0 unspecified atom stereocenters. The molecule has 1 aromatic carbocycles. The van der Waals surface area contributed by atoms with Crippen LogP contribution < -0.4 is 5.32 Å². The van der Waals surface area contributed by atoms with E-state index in [1.165, 1.54) is 31.2 Å². The number of aldehydes is 2. The molecule has 1 amide bonds. The third-order valence-electron chi connectivity index (χ3n) is 2.98. The van der Waals surface area contributed by atoms with Crippen LogP contribution in [0.2, 0.25) is 0 Å². The number of nitrogens with zero attached hydrogens (tertiary/aromatic N) is 2. The van der Waals surface area contributed by atoms with Gasteiger partial charge in [0.1, 0.15) is 23.4 Å². The lowest BCUT2D eigenvalue weighted by Crippen LogP contribution is -2.11. The van der Waals surface area contributed by atoms with Gasteiger partial charge in [0.05, 0.1) is 5.69 Å². The molecule has 0 spiro atoms. The number of carbonyl (C=O) groups excluding carboxylic acids is 3. The zero-order valence-corrected chi connectivity index (χ0v) is 20.8. The van der Waals surface area contributed by atoms with E-state index in [9.17, 15) is 14.7 Å². The minimum atomic E-state index is -0.287. The lowest BCUT2D eigenvalue weighted by Gasteiger charge is -2.06. The molecule has 2 aromatic heterocycles. The molecule has 3 rings (SSSR count). The highest BCUT2D eigenvalue weighted by Gasteiger charge is 2.07. The molecular formula is C25H39N3O4. The van der Waals surface area contributed by atoms with Crippen molar-refractivity contribution in [3.63, 3.8) is 0 Å². The number of aromatic hydroxyl groups is 1. The Kier molecular flexibility index (Phi) is 23.0. The summed E-state index contributed by atoms with van der Waals surface area (Å²) >= 11 is 0. The highest BCUT2D eigenvalue weighted by Crippen LogP contribution is 2.14. The van der Waals surface area contributed by atoms with Gasteiger partial charge in [0.25, 0.3) is 5.91 Å². The Labute approximate surface area is 192 Å². The lowest BCUT2D eigenvalue weighted by atomic mass is 10.2. The Morgan fingerprint density at radius 2 is 1.38 bits per heavy atom. The molecule has 0 aliphatic carbocycles. The van der Waals surface area contributed by atoms with Crippen molar-refractivity contribution in [2.24, 2.45) is 0 Å². The minimum Gasteiger partial charge on any atom is -0.508 e. The van der Waals surface area contributed by atoms with Crippen molar-refractivity contribution < 1.29 is 19.5 Å². The molecule has 0 aliphatic rings. The van der Waals surface area contributed by atoms with Crippen molar-refractivity contribution in [1.29, 1.82) is 0 Å². The molecule has 2 heterocycles. The number of aromatic nitrogens is 2. The number of amides is 1. The van der Waals surface area contributed by atoms with Gasteiger partial charge in [-0.2, -0.15) is 0 Å². The van der Waals surface area contributed by atoms with Crippen LogP contribution in [0.4, 0.5) is 5.69 Å². The summed E-state index contributed by atoms with van der Waals surface area (Å²) in [4.78, 5) is 35.6. The van der Waals surface area contributed by atoms with E-state index >= 15 is 0 Å². The van der Waals surface area contributed by atoms with E-state index in [0.29, 0.717) is 28.9 Å². The molecule has 7 nitrogen and oxygen atoms in total. The average Bonchev–Trinajstić information content (AvgIpc) is 3.28. The van der Waals surface area contributed by atoms with E-state index in [1.54, 1.807) is 28.9 Å². The summed E-state index contributed by atoms with van der Waals surface area (Å²) in [6.45, 7) is 17.4. The number of nitrogens with one attached hydrogen (secondary N) is 1. The fourth-order valence-electron chi connectivity index (χ4n) is 1.96. The lowest BCUT2D eigenvalue weighted by molar-refractivity contribution is -0.106. The number of hydrogen-bond acceptors (Lipinski definition) is 5. The number of benzene rings is 1. The Morgan fingerprint density at radius 3 is 1.84 bits per heavy atom. The van der Waals surface area contributed by atoms with E-state index < -0.39 is 0 Å². The predicted molar refractivity (Wildman–Crippen MR) is 134 cm³/mol. The van der Waals surface area contributed by atoms with Gasteiger partial charge in [-0.15, -0.1) is 0 Å². The Balaban J connectivity index is -0.000000665. The zero-order chi connectivity index (χ0) is 25.5. The summed E-state index contributed by atoms with van der Waals surface area (Å²) in [5, 5.41) is 11.9. The van der Waals surface area contributed by atoms with Crippen LogP contribution in [0.1, 0.15) is 83.2 Å². The van der Waals surface area contributed by atoms with Crippen LogP contribution in [0, 0.1) is 0 Å². The van der Waals surface area contributed by atoms with E-state index in [2.05, 4.69) is 10.3 Å². The molecule has 3 aromatic rings. The second-order valence-corrected chi connectivity index (χ2v) is 4.70. The Bertz CT molecular complexity index is 873. The molecule has 32 heavy (non-hydrogen) atoms. The second-order valence-electron chi connectivity index (χ2n) is 4.70. The molecule has 0 radical (unpaired) electrons. The second kappa shape index (κ2) is 22.2. The topological polar surface area (TPSA) is 101 Å². The normalized spacial score (nSPS) is 8.03. The van der Waals surface area contributed by atoms with Crippen molar-refractivity contribution in [2.45, 2.75) is 62.3 Å². The van der Waals surface area contributed by atoms with Gasteiger partial charge in [0.15, 0.2) is 6.29 Å². The number of phenolic OH excluding ortho intramolecular Hbond substituents is 1. The maximum atomic E-state index is 12.0. The number of anilines is 1. The summed E-state index contributed by atoms with van der Waals surface area (Å²) in [7, 11) is 0. The number of rotatable bonds is 3. The third-order valence-corrected chi connectivity index (χ3v) is 2.98. The van der Waals surface area contributed by atoms with Crippen molar-refractivity contribution in [3.8, 4) is 5.75 Å². The van der Waals surface area contributed by atoms with Crippen molar-refractivity contribution >= 4 is 29.8 Å². The molecule has 0 saturated carbocycles. The van der Waals surface area contributed by atoms with Crippen molar-refractivity contribution in [1.82, 2.24) is 9.38 Å². The summed E-state index contributed by atoms with van der Waals surface area (Å²) in [5.41, 5.74) is 1.97. The molecule has 0 atom stereocenters. The maximum absolute atomic E-state index is 12.0. The zero-order valence-electron chi connectivity index (χ0n) is 20.8. The monoisotopic (exact) mass is 445 g/mol. The van der Waals surface area contributed by atoms with Gasteiger partial charge in [0.2, 0.25) is 0 Å². The van der Waals surface area contributed by atoms with Crippen molar-refractivity contribution in [3.05, 3.63) is 60.0 Å². The Morgan fingerprint density at radius 1 is 0.875 bits per heavy atom. The fourth-order valence-corrected chi connectivity index (χ4v) is 1.96. The summed E-state index contributed by atoms with van der Waals surface area (Å²) in [6.07, 6.45) is 4.67. The van der Waals surface area contributed by atoms with Crippen LogP contribution >= 0.6 is 0 Å². The van der Waals surface area contributed by atoms with Crippen LogP contribution in [0.25, 0.3) is 5.65 Å². The minimum absolute atomic E-state index is 0.104. The molecule has 0 fully saturated rings. The highest BCUT2D eigenvalue weighted by molar-refractivity contribution is 6.04. The number of fused-ring (bicyclic) bond motifs is 1. The first-order valence-corrected chi connectivity index (χ1v) is 11.0. The van der Waals surface area contributed by atoms with E-state index in [0.717, 1.165) is 6.29 Å². The van der Waals surface area contributed by atoms with Crippen LogP contribution in [-0.4, -0.2) is 33.0 Å². The molecule has 0 saturated heterocycles. The molecule has 7 heteroatoms. The first-order valence-electron chi connectivity index (χ1n) is 11.0. The van der Waals surface area contributed by atoms with E-state index in [-0.39, 0.29) is 11.7 Å². The predicted octanol–water partition coefficient (Wildman–Crippen LogP) is 6.41. The quantitative estimate of drug-likeness (QED) is 0.453. The largest absolute Gasteiger partial charge is 0.508 e. The smallest absolute Gasteiger partial charge is 0.255 e. The standard InChI is InChI=1S/C15H11N3O3.C2H4O.4C2H6/c19-9-12-8-18-7-11(3-6-14(18)16-12)17-15(21)10-1-4-13(20)5-2-10;1-2-3;4*1-2/h1-9,20H,(H,17,21);2H,1H3;4*1-2H3. The van der Waals surface area contributed by atoms with Gasteiger partial charge in [-0.05, 0) is 43.3 Å². The third kappa shape index (κ3) is 12.3. The first kappa shape index (κ1) is 33.2. The summed E-state index contributed by atoms with van der Waals surface area (Å²) in [5.74, 6) is -0.183. The van der Waals surface area contributed by atoms with Gasteiger partial charge in [0, 0.05) is 18.0 Å². The first-order chi connectivity index (χ1) is 15.6. The molecule has 0 aliphatic heterocycles. The average molecular weight is 446 g/mol. The van der Waals surface area contributed by atoms with Gasteiger partial charge in [-0.1, -0.05) is 55.4 Å². The SMILES string of the molecule is CC.CC.CC.CC.CC=O.O=Cc1cn2cc(NC(=O)c3ccc(O)cc3)ccc2n1. The molecule has 2 N–H and O–H groups in total. The van der Waals surface area contributed by atoms with Crippen LogP contribution in [0.15, 0.2) is 48.8 Å². The van der Waals surface area contributed by atoms with Gasteiger partial charge in [-0.25, -0.2) is 4.98 Å². The van der Waals surface area contributed by atoms with Crippen molar-refractivity contribution in [2.75, 3.05) is 5.32 Å². The van der Waals surface area contributed by atoms with E-state index in [4.69, 9.17) is 4.79 Å². The van der Waals surface area contributed by atoms with E-state index in [1.807, 2.05) is 55.4 Å². The number of imidazole rings is 1. The molecule has 0 bridgehead atoms. The summed E-state index contributed by atoms with van der Waals surface area (Å²) < 4.78 is 1.66. The number of hydrogen-bond donors (Lipinski definition) is 2. The number of phenols is 1. The maximum Gasteiger partial charge on any atom is 0.255 e. The van der Waals surface area contributed by atoms with Crippen LogP contribution in [0.5, 0.6) is 5.75 Å².